The van der Waals surface area contributed by atoms with Gasteiger partial charge in [0.15, 0.2) is 0 Å². The first-order chi connectivity index (χ1) is 11.3. The van der Waals surface area contributed by atoms with Gasteiger partial charge in [0.05, 0.1) is 5.56 Å². The molecule has 1 aliphatic rings. The lowest BCUT2D eigenvalue weighted by molar-refractivity contribution is 0.0182. The fraction of sp³-hybridized carbons (Fsp3) is 0.611. The van der Waals surface area contributed by atoms with Crippen LogP contribution < -0.4 is 5.32 Å². The normalized spacial score (nSPS) is 15.9. The van der Waals surface area contributed by atoms with Crippen LogP contribution in [0.3, 0.4) is 0 Å². The molecule has 132 valence electrons. The molecule has 24 heavy (non-hydrogen) atoms. The van der Waals surface area contributed by atoms with Gasteiger partial charge in [0, 0.05) is 32.0 Å². The number of rotatable bonds is 4. The van der Waals surface area contributed by atoms with Gasteiger partial charge in [-0.3, -0.25) is 9.78 Å². The molecule has 1 N–H and O–H groups in total. The molecule has 2 rings (SSSR count). The highest BCUT2D eigenvalue weighted by Crippen LogP contribution is 2.21. The summed E-state index contributed by atoms with van der Waals surface area (Å²) in [6.07, 6.45) is 5.80. The van der Waals surface area contributed by atoms with Crippen LogP contribution in [0.1, 0.15) is 50.4 Å². The van der Waals surface area contributed by atoms with Crippen molar-refractivity contribution in [2.75, 3.05) is 19.6 Å². The van der Waals surface area contributed by atoms with Crippen molar-refractivity contribution in [1.82, 2.24) is 15.2 Å². The quantitative estimate of drug-likeness (QED) is 0.920. The molecule has 1 saturated heterocycles. The highest BCUT2D eigenvalue weighted by Gasteiger charge is 2.26. The molecule has 0 saturated carbocycles. The van der Waals surface area contributed by atoms with Crippen LogP contribution in [0.4, 0.5) is 4.79 Å². The number of ether oxygens (including phenoxy) is 1. The molecule has 6 heteroatoms. The topological polar surface area (TPSA) is 71.5 Å². The van der Waals surface area contributed by atoms with Gasteiger partial charge in [0.25, 0.3) is 5.91 Å². The summed E-state index contributed by atoms with van der Waals surface area (Å²) >= 11 is 0. The lowest BCUT2D eigenvalue weighted by Gasteiger charge is -2.33. The Hall–Kier alpha value is -2.11. The van der Waals surface area contributed by atoms with E-state index >= 15 is 0 Å². The maximum atomic E-state index is 12.0. The number of carbonyl (C=O) groups excluding carboxylic acids is 2. The fourth-order valence-corrected chi connectivity index (χ4v) is 2.72. The van der Waals surface area contributed by atoms with E-state index in [1.54, 1.807) is 29.4 Å². The Morgan fingerprint density at radius 1 is 1.33 bits per heavy atom. The van der Waals surface area contributed by atoms with Gasteiger partial charge in [-0.05, 0) is 58.1 Å². The molecule has 2 heterocycles. The maximum Gasteiger partial charge on any atom is 0.410 e. The van der Waals surface area contributed by atoms with E-state index in [-0.39, 0.29) is 12.0 Å². The summed E-state index contributed by atoms with van der Waals surface area (Å²) in [5, 5.41) is 2.93. The van der Waals surface area contributed by atoms with Gasteiger partial charge in [-0.2, -0.15) is 0 Å². The Kier molecular flexibility index (Phi) is 6.17. The average molecular weight is 333 g/mol. The zero-order valence-corrected chi connectivity index (χ0v) is 14.7. The minimum atomic E-state index is -0.454. The predicted octanol–water partition coefficient (Wildman–Crippen LogP) is 2.85. The number of amides is 2. The van der Waals surface area contributed by atoms with Crippen molar-refractivity contribution in [3.63, 3.8) is 0 Å². The molecule has 0 radical (unpaired) electrons. The van der Waals surface area contributed by atoms with Crippen molar-refractivity contribution in [1.29, 1.82) is 0 Å². The average Bonchev–Trinajstić information content (AvgIpc) is 2.54. The summed E-state index contributed by atoms with van der Waals surface area (Å²) in [5.74, 6) is 0.437. The second-order valence-corrected chi connectivity index (χ2v) is 7.20. The Morgan fingerprint density at radius 3 is 2.62 bits per heavy atom. The van der Waals surface area contributed by atoms with Crippen molar-refractivity contribution < 1.29 is 14.3 Å². The van der Waals surface area contributed by atoms with Crippen LogP contribution >= 0.6 is 0 Å². The smallest absolute Gasteiger partial charge is 0.410 e. The van der Waals surface area contributed by atoms with Crippen LogP contribution in [0.5, 0.6) is 0 Å². The van der Waals surface area contributed by atoms with Gasteiger partial charge in [-0.25, -0.2) is 4.79 Å². The molecule has 1 aliphatic heterocycles. The SMILES string of the molecule is CC(C)(C)OC(=O)N1CCC(CCNC(=O)c2cccnc2)CC1. The molecule has 0 aliphatic carbocycles. The first kappa shape index (κ1) is 18.2. The third kappa shape index (κ3) is 5.83. The molecule has 0 spiro atoms. The Morgan fingerprint density at radius 2 is 2.04 bits per heavy atom. The van der Waals surface area contributed by atoms with E-state index < -0.39 is 5.60 Å². The van der Waals surface area contributed by atoms with E-state index in [1.807, 2.05) is 20.8 Å². The summed E-state index contributed by atoms with van der Waals surface area (Å²) < 4.78 is 5.40. The number of hydrogen-bond acceptors (Lipinski definition) is 4. The molecule has 0 unspecified atom stereocenters. The summed E-state index contributed by atoms with van der Waals surface area (Å²) in [4.78, 5) is 29.7. The molecule has 2 amide bonds. The zero-order valence-electron chi connectivity index (χ0n) is 14.7. The van der Waals surface area contributed by atoms with Crippen molar-refractivity contribution in [3.8, 4) is 0 Å². The van der Waals surface area contributed by atoms with Gasteiger partial charge in [-0.15, -0.1) is 0 Å². The lowest BCUT2D eigenvalue weighted by Crippen LogP contribution is -2.42. The second-order valence-electron chi connectivity index (χ2n) is 7.20. The number of aromatic nitrogens is 1. The van der Waals surface area contributed by atoms with Crippen LogP contribution in [0.2, 0.25) is 0 Å². The van der Waals surface area contributed by atoms with Crippen molar-refractivity contribution in [3.05, 3.63) is 30.1 Å². The maximum absolute atomic E-state index is 12.0. The number of hydrogen-bond donors (Lipinski definition) is 1. The number of piperidine rings is 1. The molecule has 0 bridgehead atoms. The number of likely N-dealkylation sites (tertiary alicyclic amines) is 1. The number of nitrogens with one attached hydrogen (secondary N) is 1. The van der Waals surface area contributed by atoms with E-state index in [0.29, 0.717) is 18.0 Å². The summed E-state index contributed by atoms with van der Waals surface area (Å²) in [6.45, 7) is 7.71. The largest absolute Gasteiger partial charge is 0.444 e. The van der Waals surface area contributed by atoms with Crippen molar-refractivity contribution in [2.45, 2.75) is 45.6 Å². The van der Waals surface area contributed by atoms with Crippen LogP contribution in [-0.4, -0.2) is 47.1 Å². The first-order valence-electron chi connectivity index (χ1n) is 8.51. The number of nitrogens with zero attached hydrogens (tertiary/aromatic N) is 2. The molecular formula is C18H27N3O3. The van der Waals surface area contributed by atoms with E-state index in [0.717, 1.165) is 32.4 Å². The Balaban J connectivity index is 1.66. The van der Waals surface area contributed by atoms with Gasteiger partial charge in [0.2, 0.25) is 0 Å². The van der Waals surface area contributed by atoms with Crippen LogP contribution in [0.25, 0.3) is 0 Å². The molecule has 0 atom stereocenters. The van der Waals surface area contributed by atoms with E-state index in [4.69, 9.17) is 4.74 Å². The Labute approximate surface area is 143 Å². The number of carbonyl (C=O) groups is 2. The Bertz CT molecular complexity index is 546. The summed E-state index contributed by atoms with van der Waals surface area (Å²) in [5.41, 5.74) is 0.127. The highest BCUT2D eigenvalue weighted by atomic mass is 16.6. The van der Waals surface area contributed by atoms with Crippen molar-refractivity contribution in [2.24, 2.45) is 5.92 Å². The lowest BCUT2D eigenvalue weighted by atomic mass is 9.94. The predicted molar refractivity (Wildman–Crippen MR) is 91.7 cm³/mol. The molecule has 1 aromatic rings. The van der Waals surface area contributed by atoms with Gasteiger partial charge < -0.3 is 15.0 Å². The van der Waals surface area contributed by atoms with E-state index in [1.165, 1.54) is 0 Å². The van der Waals surface area contributed by atoms with Crippen LogP contribution in [-0.2, 0) is 4.74 Å². The third-order valence-electron chi connectivity index (χ3n) is 4.03. The first-order valence-corrected chi connectivity index (χ1v) is 8.51. The van der Waals surface area contributed by atoms with E-state index in [9.17, 15) is 9.59 Å². The van der Waals surface area contributed by atoms with Gasteiger partial charge >= 0.3 is 6.09 Å². The number of pyridine rings is 1. The summed E-state index contributed by atoms with van der Waals surface area (Å²) in [6, 6.07) is 3.50. The van der Waals surface area contributed by atoms with Gasteiger partial charge in [-0.1, -0.05) is 0 Å². The standard InChI is InChI=1S/C18H27N3O3/c1-18(2,3)24-17(23)21-11-7-14(8-12-21)6-10-20-16(22)15-5-4-9-19-13-15/h4-5,9,13-14H,6-8,10-12H2,1-3H3,(H,20,22). The molecule has 0 aromatic carbocycles. The minimum Gasteiger partial charge on any atom is -0.444 e. The minimum absolute atomic E-state index is 0.0886. The van der Waals surface area contributed by atoms with E-state index in [2.05, 4.69) is 10.3 Å². The molecular weight excluding hydrogens is 306 g/mol. The zero-order chi connectivity index (χ0) is 17.6. The van der Waals surface area contributed by atoms with Crippen LogP contribution in [0.15, 0.2) is 24.5 Å². The third-order valence-corrected chi connectivity index (χ3v) is 4.03. The summed E-state index contributed by atoms with van der Waals surface area (Å²) in [7, 11) is 0. The van der Waals surface area contributed by atoms with Crippen molar-refractivity contribution >= 4 is 12.0 Å². The fourth-order valence-electron chi connectivity index (χ4n) is 2.72. The molecule has 1 fully saturated rings. The molecule has 6 nitrogen and oxygen atoms in total. The molecule has 1 aromatic heterocycles. The van der Waals surface area contributed by atoms with Crippen LogP contribution in [0, 0.1) is 5.92 Å². The second kappa shape index (κ2) is 8.13. The monoisotopic (exact) mass is 333 g/mol. The highest BCUT2D eigenvalue weighted by molar-refractivity contribution is 5.93. The van der Waals surface area contributed by atoms with Gasteiger partial charge in [0.1, 0.15) is 5.60 Å².